The zero-order chi connectivity index (χ0) is 56.3. The minimum atomic E-state index is -1.60. The molecule has 1 heterocycles. The minimum absolute atomic E-state index is 0.0688. The molecule has 0 radical (unpaired) electrons. The van der Waals surface area contributed by atoms with Crippen molar-refractivity contribution in [3.63, 3.8) is 0 Å². The second kappa shape index (κ2) is 29.8. The summed E-state index contributed by atoms with van der Waals surface area (Å²) in [4.78, 5) is 0. The van der Waals surface area contributed by atoms with Gasteiger partial charge in [0.05, 0.1) is 67.1 Å². The average Bonchev–Trinajstić information content (AvgIpc) is 3.56. The summed E-state index contributed by atoms with van der Waals surface area (Å²) in [6.45, 7) is 1.27. The first-order chi connectivity index (χ1) is 40.4. The van der Waals surface area contributed by atoms with Gasteiger partial charge in [-0.25, -0.2) is 0 Å². The normalized spacial score (nSPS) is 23.5. The summed E-state index contributed by atoms with van der Waals surface area (Å²) in [5.74, 6) is 1.26. The first kappa shape index (κ1) is 58.1. The molecule has 10 rings (SSSR count). The van der Waals surface area contributed by atoms with Gasteiger partial charge in [0, 0.05) is 0 Å². The van der Waals surface area contributed by atoms with E-state index < -0.39 is 67.3 Å². The van der Waals surface area contributed by atoms with Crippen molar-refractivity contribution in [1.29, 1.82) is 0 Å². The molecule has 0 aromatic heterocycles. The van der Waals surface area contributed by atoms with Gasteiger partial charge >= 0.3 is 0 Å². The Kier molecular flexibility index (Phi) is 21.1. The van der Waals surface area contributed by atoms with Gasteiger partial charge in [-0.05, 0) is 62.2 Å². The van der Waals surface area contributed by atoms with Gasteiger partial charge in [-0.3, -0.25) is 0 Å². The van der Waals surface area contributed by atoms with Crippen LogP contribution in [0.15, 0.2) is 224 Å². The summed E-state index contributed by atoms with van der Waals surface area (Å²) >= 11 is 0. The van der Waals surface area contributed by atoms with Crippen LogP contribution in [0.2, 0.25) is 0 Å². The molecular weight excluding hydrogens is 1040 g/mol. The summed E-state index contributed by atoms with van der Waals surface area (Å²) in [5, 5.41) is 25.4. The van der Waals surface area contributed by atoms with Crippen LogP contribution < -0.4 is 9.47 Å². The quantitative estimate of drug-likeness (QED) is 0.0505. The van der Waals surface area contributed by atoms with Gasteiger partial charge in [0.2, 0.25) is 0 Å². The molecule has 82 heavy (non-hydrogen) atoms. The predicted molar refractivity (Wildman–Crippen MR) is 310 cm³/mol. The fourth-order valence-corrected chi connectivity index (χ4v) is 10.4. The number of aliphatic hydroxyl groups excluding tert-OH is 2. The van der Waals surface area contributed by atoms with Crippen LogP contribution in [0.5, 0.6) is 11.5 Å². The number of rotatable bonds is 27. The van der Waals surface area contributed by atoms with E-state index in [-0.39, 0.29) is 46.2 Å². The Bertz CT molecular complexity index is 3090. The van der Waals surface area contributed by atoms with E-state index in [1.54, 1.807) is 14.2 Å². The summed E-state index contributed by atoms with van der Waals surface area (Å²) < 4.78 is 73.6. The summed E-state index contributed by atoms with van der Waals surface area (Å²) in [5.41, 5.74) is 8.26. The van der Waals surface area contributed by atoms with Crippen molar-refractivity contribution in [1.82, 2.24) is 0 Å². The van der Waals surface area contributed by atoms with Crippen molar-refractivity contribution in [3.8, 4) is 22.6 Å². The standard InChI is InChI=1S/C69H72O13/c1-72-57-38-37-56(39-58(57)73-2)55-35-33-54(34-36-55)46-76-63-60(70)61(71)64(67(79-44-52-29-17-7-18-30-52)66(63)78-43-51-27-15-6-16-28-51)82-69-68(80-45-53-31-19-8-20-32-53)65(77-42-50-25-13-5-14-26-50)62(75-41-49-23-11-4-12-24-49)59(81-69)47-74-40-48-21-9-3-10-22-48/h3-39,59-71H,40-47H2,1-2H3/t59-,60+,61+,62-,63-,64-,65+,66-,67+,68+,69-/m1/s1. The van der Waals surface area contributed by atoms with E-state index >= 15 is 0 Å². The van der Waals surface area contributed by atoms with Crippen molar-refractivity contribution in [2.45, 2.75) is 114 Å². The van der Waals surface area contributed by atoms with Crippen molar-refractivity contribution in [2.75, 3.05) is 20.8 Å². The van der Waals surface area contributed by atoms with E-state index in [1.165, 1.54) is 0 Å². The molecule has 2 N–H and O–H groups in total. The first-order valence-electron chi connectivity index (χ1n) is 27.9. The van der Waals surface area contributed by atoms with Crippen LogP contribution in [0.25, 0.3) is 11.1 Å². The lowest BCUT2D eigenvalue weighted by atomic mass is 9.83. The van der Waals surface area contributed by atoms with E-state index in [4.69, 9.17) is 52.1 Å². The van der Waals surface area contributed by atoms with Gasteiger partial charge in [0.25, 0.3) is 0 Å². The number of hydrogen-bond acceptors (Lipinski definition) is 13. The zero-order valence-electron chi connectivity index (χ0n) is 46.3. The second-order valence-electron chi connectivity index (χ2n) is 20.5. The third kappa shape index (κ3) is 15.5. The smallest absolute Gasteiger partial charge is 0.187 e. The van der Waals surface area contributed by atoms with Crippen LogP contribution >= 0.6 is 0 Å². The topological polar surface area (TPSA) is 142 Å². The van der Waals surface area contributed by atoms with E-state index in [1.807, 2.05) is 224 Å². The largest absolute Gasteiger partial charge is 0.493 e. The Morgan fingerprint density at radius 3 is 1.11 bits per heavy atom. The Balaban J connectivity index is 1.01. The maximum atomic E-state index is 12.8. The molecule has 1 aliphatic carbocycles. The van der Waals surface area contributed by atoms with Crippen LogP contribution in [-0.4, -0.2) is 98.4 Å². The monoisotopic (exact) mass is 1110 g/mol. The molecule has 13 nitrogen and oxygen atoms in total. The molecule has 0 spiro atoms. The minimum Gasteiger partial charge on any atom is -0.493 e. The molecule has 8 aromatic rings. The highest BCUT2D eigenvalue weighted by Gasteiger charge is 2.56. The lowest BCUT2D eigenvalue weighted by Crippen LogP contribution is -2.69. The van der Waals surface area contributed by atoms with Gasteiger partial charge in [0.15, 0.2) is 17.8 Å². The molecule has 8 aromatic carbocycles. The second-order valence-corrected chi connectivity index (χ2v) is 20.5. The molecule has 2 fully saturated rings. The Hall–Kier alpha value is -7.08. The first-order valence-corrected chi connectivity index (χ1v) is 27.9. The summed E-state index contributed by atoms with van der Waals surface area (Å²) in [6, 6.07) is 72.8. The Morgan fingerprint density at radius 1 is 0.329 bits per heavy atom. The molecule has 11 atom stereocenters. The highest BCUT2D eigenvalue weighted by molar-refractivity contribution is 5.67. The molecule has 1 aliphatic heterocycles. The molecule has 2 aliphatic rings. The molecule has 1 saturated carbocycles. The molecule has 0 bridgehead atoms. The molecule has 0 unspecified atom stereocenters. The molecule has 13 heteroatoms. The maximum Gasteiger partial charge on any atom is 0.187 e. The fraction of sp³-hybridized carbons (Fsp3) is 0.304. The fourth-order valence-electron chi connectivity index (χ4n) is 10.4. The van der Waals surface area contributed by atoms with Crippen molar-refractivity contribution in [3.05, 3.63) is 263 Å². The third-order valence-electron chi connectivity index (χ3n) is 14.8. The van der Waals surface area contributed by atoms with E-state index in [9.17, 15) is 10.2 Å². The molecule has 426 valence electrons. The molecule has 1 saturated heterocycles. The third-order valence-corrected chi connectivity index (χ3v) is 14.8. The van der Waals surface area contributed by atoms with Crippen molar-refractivity contribution < 1.29 is 62.3 Å². The van der Waals surface area contributed by atoms with Crippen LogP contribution in [0.1, 0.15) is 38.9 Å². The Labute approximate surface area is 480 Å². The van der Waals surface area contributed by atoms with Gasteiger partial charge in [-0.15, -0.1) is 0 Å². The van der Waals surface area contributed by atoms with Gasteiger partial charge in [-0.2, -0.15) is 0 Å². The van der Waals surface area contributed by atoms with E-state index in [2.05, 4.69) is 0 Å². The van der Waals surface area contributed by atoms with Gasteiger partial charge < -0.3 is 62.3 Å². The number of aliphatic hydroxyl groups is 2. The van der Waals surface area contributed by atoms with Gasteiger partial charge in [0.1, 0.15) is 61.0 Å². The number of methoxy groups -OCH3 is 2. The van der Waals surface area contributed by atoms with Crippen molar-refractivity contribution in [2.24, 2.45) is 0 Å². The number of benzene rings is 8. The Morgan fingerprint density at radius 2 is 0.671 bits per heavy atom. The van der Waals surface area contributed by atoms with Crippen LogP contribution in [-0.2, 0) is 88.9 Å². The van der Waals surface area contributed by atoms with Crippen LogP contribution in [0, 0.1) is 0 Å². The average molecular weight is 1110 g/mol. The van der Waals surface area contributed by atoms with Crippen LogP contribution in [0.3, 0.4) is 0 Å². The number of ether oxygens (including phenoxy) is 11. The lowest BCUT2D eigenvalue weighted by molar-refractivity contribution is -0.361. The molecular formula is C69H72O13. The predicted octanol–water partition coefficient (Wildman–Crippen LogP) is 11.2. The van der Waals surface area contributed by atoms with Crippen LogP contribution in [0.4, 0.5) is 0 Å². The SMILES string of the molecule is COc1ccc(-c2ccc(CO[C@@H]3[C@@H](O)[C@H](O)[C@@H](O[C@H]4O[C@H](COCc5ccccc5)[C@@H](OCc5ccccc5)[C@H](OCc5ccccc5)[C@@H]4OCc4ccccc4)[C@H](OCc4ccccc4)[C@@H]3OCc3ccccc3)cc2)cc1OC. The highest BCUT2D eigenvalue weighted by Crippen LogP contribution is 2.38. The van der Waals surface area contributed by atoms with E-state index in [0.29, 0.717) is 18.1 Å². The van der Waals surface area contributed by atoms with Crippen molar-refractivity contribution >= 4 is 0 Å². The lowest BCUT2D eigenvalue weighted by Gasteiger charge is -2.50. The highest BCUT2D eigenvalue weighted by atomic mass is 16.7. The number of hydrogen-bond donors (Lipinski definition) is 2. The molecule has 0 amide bonds. The summed E-state index contributed by atoms with van der Waals surface area (Å²) in [6.07, 6.45) is -12.3. The van der Waals surface area contributed by atoms with E-state index in [0.717, 1.165) is 50.1 Å². The summed E-state index contributed by atoms with van der Waals surface area (Å²) in [7, 11) is 3.22. The van der Waals surface area contributed by atoms with Gasteiger partial charge in [-0.1, -0.05) is 212 Å². The zero-order valence-corrected chi connectivity index (χ0v) is 46.3. The maximum absolute atomic E-state index is 12.8.